The number of hydrazine groups is 1. The molecular formula is C15H24N2O2. The molecule has 1 heterocycles. The lowest BCUT2D eigenvalue weighted by molar-refractivity contribution is 0.151. The molecule has 0 atom stereocenters. The van der Waals surface area contributed by atoms with Crippen molar-refractivity contribution >= 4 is 0 Å². The lowest BCUT2D eigenvalue weighted by Crippen LogP contribution is -2.41. The molecule has 1 aliphatic heterocycles. The number of benzene rings is 1. The summed E-state index contributed by atoms with van der Waals surface area (Å²) in [6.45, 7) is 5.76. The molecular weight excluding hydrogens is 240 g/mol. The number of piperidine rings is 1. The minimum absolute atomic E-state index is 0.654. The van der Waals surface area contributed by atoms with E-state index in [-0.39, 0.29) is 0 Å². The zero-order chi connectivity index (χ0) is 13.5. The van der Waals surface area contributed by atoms with Crippen molar-refractivity contribution in [2.75, 3.05) is 26.8 Å². The second-order valence-electron chi connectivity index (χ2n) is 4.80. The highest BCUT2D eigenvalue weighted by molar-refractivity contribution is 5.42. The predicted octanol–water partition coefficient (Wildman–Crippen LogP) is 2.58. The topological polar surface area (TPSA) is 33.7 Å². The van der Waals surface area contributed by atoms with Crippen LogP contribution in [0.15, 0.2) is 18.2 Å². The van der Waals surface area contributed by atoms with Gasteiger partial charge in [-0.25, -0.2) is 5.01 Å². The quantitative estimate of drug-likeness (QED) is 0.856. The van der Waals surface area contributed by atoms with E-state index in [1.54, 1.807) is 7.11 Å². The number of hydrogen-bond acceptors (Lipinski definition) is 4. The van der Waals surface area contributed by atoms with Gasteiger partial charge in [0.05, 0.1) is 13.7 Å². The average molecular weight is 264 g/mol. The van der Waals surface area contributed by atoms with Crippen molar-refractivity contribution in [1.29, 1.82) is 0 Å². The maximum atomic E-state index is 5.52. The number of nitrogens with one attached hydrogen (secondary N) is 1. The number of methoxy groups -OCH3 is 1. The summed E-state index contributed by atoms with van der Waals surface area (Å²) in [5.74, 6) is 1.62. The molecule has 0 radical (unpaired) electrons. The third kappa shape index (κ3) is 4.11. The molecule has 0 unspecified atom stereocenters. The summed E-state index contributed by atoms with van der Waals surface area (Å²) >= 11 is 0. The molecule has 4 heteroatoms. The molecule has 0 aliphatic carbocycles. The second kappa shape index (κ2) is 7.36. The summed E-state index contributed by atoms with van der Waals surface area (Å²) < 4.78 is 10.9. The fourth-order valence-corrected chi connectivity index (χ4v) is 2.35. The normalized spacial score (nSPS) is 16.3. The van der Waals surface area contributed by atoms with E-state index in [2.05, 4.69) is 16.5 Å². The SMILES string of the molecule is CCOc1ccc(CNN2CCCCC2)cc1OC. The van der Waals surface area contributed by atoms with Crippen LogP contribution in [0.5, 0.6) is 11.5 Å². The Balaban J connectivity index is 1.92. The Hall–Kier alpha value is -1.26. The molecule has 0 bridgehead atoms. The summed E-state index contributed by atoms with van der Waals surface area (Å²) in [5, 5.41) is 2.31. The molecule has 0 amide bonds. The minimum Gasteiger partial charge on any atom is -0.493 e. The van der Waals surface area contributed by atoms with Gasteiger partial charge in [0.15, 0.2) is 11.5 Å². The zero-order valence-electron chi connectivity index (χ0n) is 11.9. The number of hydrogen-bond donors (Lipinski definition) is 1. The van der Waals surface area contributed by atoms with E-state index in [0.717, 1.165) is 31.1 Å². The smallest absolute Gasteiger partial charge is 0.161 e. The molecule has 0 aromatic heterocycles. The first-order chi connectivity index (χ1) is 9.33. The minimum atomic E-state index is 0.654. The van der Waals surface area contributed by atoms with Gasteiger partial charge in [0.25, 0.3) is 0 Å². The van der Waals surface area contributed by atoms with Crippen molar-refractivity contribution < 1.29 is 9.47 Å². The molecule has 4 nitrogen and oxygen atoms in total. The number of rotatable bonds is 6. The van der Waals surface area contributed by atoms with Crippen LogP contribution in [0.25, 0.3) is 0 Å². The Bertz CT molecular complexity index is 390. The van der Waals surface area contributed by atoms with Gasteiger partial charge in [-0.05, 0) is 37.5 Å². The maximum absolute atomic E-state index is 5.52. The summed E-state index contributed by atoms with van der Waals surface area (Å²) in [4.78, 5) is 0. The molecule has 2 rings (SSSR count). The third-order valence-corrected chi connectivity index (χ3v) is 3.39. The van der Waals surface area contributed by atoms with Gasteiger partial charge in [0, 0.05) is 19.6 Å². The van der Waals surface area contributed by atoms with Gasteiger partial charge in [-0.2, -0.15) is 0 Å². The van der Waals surface area contributed by atoms with Crippen molar-refractivity contribution in [1.82, 2.24) is 10.4 Å². The van der Waals surface area contributed by atoms with Crippen LogP contribution in [0.1, 0.15) is 31.7 Å². The van der Waals surface area contributed by atoms with Gasteiger partial charge in [-0.15, -0.1) is 0 Å². The van der Waals surface area contributed by atoms with Gasteiger partial charge in [0.2, 0.25) is 0 Å². The van der Waals surface area contributed by atoms with Crippen LogP contribution in [-0.2, 0) is 6.54 Å². The second-order valence-corrected chi connectivity index (χ2v) is 4.80. The maximum Gasteiger partial charge on any atom is 0.161 e. The summed E-state index contributed by atoms with van der Waals surface area (Å²) in [5.41, 5.74) is 4.69. The Labute approximate surface area is 115 Å². The number of ether oxygens (including phenoxy) is 2. The van der Waals surface area contributed by atoms with Crippen molar-refractivity contribution in [2.45, 2.75) is 32.7 Å². The summed E-state index contributed by atoms with van der Waals surface area (Å²) in [7, 11) is 1.68. The van der Waals surface area contributed by atoms with Crippen LogP contribution in [-0.4, -0.2) is 31.8 Å². The highest BCUT2D eigenvalue weighted by Crippen LogP contribution is 2.28. The first kappa shape index (κ1) is 14.2. The lowest BCUT2D eigenvalue weighted by atomic mass is 10.1. The summed E-state index contributed by atoms with van der Waals surface area (Å²) in [6.07, 6.45) is 3.94. The van der Waals surface area contributed by atoms with Crippen LogP contribution < -0.4 is 14.9 Å². The first-order valence-corrected chi connectivity index (χ1v) is 7.11. The molecule has 1 saturated heterocycles. The predicted molar refractivity (Wildman–Crippen MR) is 76.4 cm³/mol. The molecule has 1 aromatic rings. The molecule has 1 aliphatic rings. The largest absolute Gasteiger partial charge is 0.493 e. The third-order valence-electron chi connectivity index (χ3n) is 3.39. The van der Waals surface area contributed by atoms with Crippen LogP contribution in [0, 0.1) is 0 Å². The van der Waals surface area contributed by atoms with Crippen LogP contribution in [0.3, 0.4) is 0 Å². The van der Waals surface area contributed by atoms with Crippen molar-refractivity contribution in [2.24, 2.45) is 0 Å². The molecule has 1 fully saturated rings. The van der Waals surface area contributed by atoms with E-state index in [1.165, 1.54) is 24.8 Å². The Morgan fingerprint density at radius 1 is 1.16 bits per heavy atom. The molecule has 0 saturated carbocycles. The molecule has 1 N–H and O–H groups in total. The zero-order valence-corrected chi connectivity index (χ0v) is 11.9. The molecule has 19 heavy (non-hydrogen) atoms. The molecule has 0 spiro atoms. The monoisotopic (exact) mass is 264 g/mol. The van der Waals surface area contributed by atoms with E-state index >= 15 is 0 Å². The Morgan fingerprint density at radius 3 is 2.63 bits per heavy atom. The lowest BCUT2D eigenvalue weighted by Gasteiger charge is -2.27. The van der Waals surface area contributed by atoms with Crippen LogP contribution in [0.2, 0.25) is 0 Å². The van der Waals surface area contributed by atoms with E-state index in [9.17, 15) is 0 Å². The fourth-order valence-electron chi connectivity index (χ4n) is 2.35. The van der Waals surface area contributed by atoms with E-state index in [1.807, 2.05) is 19.1 Å². The average Bonchev–Trinajstić information content (AvgIpc) is 2.47. The van der Waals surface area contributed by atoms with Gasteiger partial charge >= 0.3 is 0 Å². The van der Waals surface area contributed by atoms with Crippen LogP contribution >= 0.6 is 0 Å². The number of nitrogens with zero attached hydrogens (tertiary/aromatic N) is 1. The Kier molecular flexibility index (Phi) is 5.48. The molecule has 1 aromatic carbocycles. The van der Waals surface area contributed by atoms with Crippen molar-refractivity contribution in [3.63, 3.8) is 0 Å². The highest BCUT2D eigenvalue weighted by atomic mass is 16.5. The van der Waals surface area contributed by atoms with E-state index in [0.29, 0.717) is 6.61 Å². The van der Waals surface area contributed by atoms with Gasteiger partial charge in [0.1, 0.15) is 0 Å². The molecule has 106 valence electrons. The van der Waals surface area contributed by atoms with Gasteiger partial charge in [-0.3, -0.25) is 5.43 Å². The highest BCUT2D eigenvalue weighted by Gasteiger charge is 2.10. The fraction of sp³-hybridized carbons (Fsp3) is 0.600. The van der Waals surface area contributed by atoms with Gasteiger partial charge < -0.3 is 9.47 Å². The van der Waals surface area contributed by atoms with E-state index < -0.39 is 0 Å². The van der Waals surface area contributed by atoms with Crippen molar-refractivity contribution in [3.8, 4) is 11.5 Å². The van der Waals surface area contributed by atoms with Gasteiger partial charge in [-0.1, -0.05) is 12.5 Å². The first-order valence-electron chi connectivity index (χ1n) is 7.11. The van der Waals surface area contributed by atoms with Crippen LogP contribution in [0.4, 0.5) is 0 Å². The summed E-state index contributed by atoms with van der Waals surface area (Å²) in [6, 6.07) is 6.11. The Morgan fingerprint density at radius 2 is 1.95 bits per heavy atom. The standard InChI is InChI=1S/C15H24N2O2/c1-3-19-14-8-7-13(11-15(14)18-2)12-16-17-9-5-4-6-10-17/h7-8,11,16H,3-6,9-10,12H2,1-2H3. The van der Waals surface area contributed by atoms with E-state index in [4.69, 9.17) is 9.47 Å². The van der Waals surface area contributed by atoms with Crippen molar-refractivity contribution in [3.05, 3.63) is 23.8 Å².